The monoisotopic (exact) mass is 580 g/mol. The average molecular weight is 581 g/mol. The lowest BCUT2D eigenvalue weighted by Gasteiger charge is -2.35. The first kappa shape index (κ1) is 25.0. The van der Waals surface area contributed by atoms with E-state index in [0.29, 0.717) is 57.1 Å². The number of benzene rings is 6. The van der Waals surface area contributed by atoms with Gasteiger partial charge in [-0.2, -0.15) is 10.5 Å². The van der Waals surface area contributed by atoms with Gasteiger partial charge in [0, 0.05) is 12.1 Å². The van der Waals surface area contributed by atoms with Crippen molar-refractivity contribution in [1.82, 2.24) is 0 Å². The maximum Gasteiger partial charge on any atom is 0.171 e. The van der Waals surface area contributed by atoms with Crippen LogP contribution >= 0.6 is 0 Å². The third kappa shape index (κ3) is 3.54. The molecule has 0 aromatic heterocycles. The van der Waals surface area contributed by atoms with E-state index in [2.05, 4.69) is 72.8 Å². The van der Waals surface area contributed by atoms with Crippen LogP contribution in [-0.4, -0.2) is 0 Å². The molecule has 9 rings (SSSR count). The maximum atomic E-state index is 9.45. The van der Waals surface area contributed by atoms with Crippen LogP contribution in [0.15, 0.2) is 121 Å². The van der Waals surface area contributed by atoms with E-state index in [-0.39, 0.29) is 0 Å². The summed E-state index contributed by atoms with van der Waals surface area (Å²) in [5.41, 5.74) is 6.79. The van der Waals surface area contributed by atoms with Gasteiger partial charge in [0.15, 0.2) is 46.0 Å². The fraction of sp³-hybridized carbons (Fsp3) is 0.0256. The topological polar surface area (TPSA) is 84.5 Å². The van der Waals surface area contributed by atoms with E-state index in [9.17, 15) is 10.5 Å². The Hall–Kier alpha value is -6.50. The Balaban J connectivity index is 1.26. The maximum absolute atomic E-state index is 9.45. The van der Waals surface area contributed by atoms with E-state index in [1.54, 1.807) is 36.4 Å². The second kappa shape index (κ2) is 9.25. The summed E-state index contributed by atoms with van der Waals surface area (Å²) in [5, 5.41) is 18.8. The molecule has 0 bridgehead atoms. The van der Waals surface area contributed by atoms with Gasteiger partial charge in [-0.15, -0.1) is 0 Å². The van der Waals surface area contributed by atoms with Gasteiger partial charge in [-0.1, -0.05) is 60.7 Å². The van der Waals surface area contributed by atoms with Crippen LogP contribution in [0.25, 0.3) is 11.1 Å². The predicted octanol–water partition coefficient (Wildman–Crippen LogP) is 9.59. The van der Waals surface area contributed by atoms with Crippen LogP contribution in [0.1, 0.15) is 33.4 Å². The average Bonchev–Trinajstić information content (AvgIpc) is 3.40. The fourth-order valence-corrected chi connectivity index (χ4v) is 6.79. The molecule has 210 valence electrons. The molecule has 0 amide bonds. The highest BCUT2D eigenvalue weighted by Crippen LogP contribution is 2.59. The lowest BCUT2D eigenvalue weighted by atomic mass is 9.67. The van der Waals surface area contributed by atoms with Crippen molar-refractivity contribution < 1.29 is 18.9 Å². The van der Waals surface area contributed by atoms with Gasteiger partial charge in [0.1, 0.15) is 0 Å². The number of rotatable bonds is 2. The molecule has 6 nitrogen and oxygen atoms in total. The van der Waals surface area contributed by atoms with E-state index in [1.807, 2.05) is 24.3 Å². The lowest BCUT2D eigenvalue weighted by Crippen LogP contribution is -2.28. The molecule has 3 aliphatic rings. The molecule has 0 radical (unpaired) electrons. The zero-order valence-corrected chi connectivity index (χ0v) is 23.6. The van der Waals surface area contributed by atoms with Crippen LogP contribution in [0.2, 0.25) is 0 Å². The highest BCUT2D eigenvalue weighted by molar-refractivity contribution is 5.86. The summed E-state index contributed by atoms with van der Waals surface area (Å²) in [7, 11) is 0. The summed E-state index contributed by atoms with van der Waals surface area (Å²) in [4.78, 5) is 0. The van der Waals surface area contributed by atoms with E-state index in [4.69, 9.17) is 18.9 Å². The van der Waals surface area contributed by atoms with E-state index >= 15 is 0 Å². The largest absolute Gasteiger partial charge is 0.450 e. The zero-order valence-electron chi connectivity index (χ0n) is 23.6. The summed E-state index contributed by atoms with van der Waals surface area (Å²) in [6.45, 7) is 0. The number of hydrogen-bond donors (Lipinski definition) is 0. The Kier molecular flexibility index (Phi) is 5.15. The molecule has 0 saturated carbocycles. The SMILES string of the molecule is N#Cc1ccc2c(c1)Oc1ccc(C3(c4ccc5c(c4)Oc4cc(C#N)ccc4O5)c4ccccc4-c4ccccc43)cc1O2. The van der Waals surface area contributed by atoms with Crippen LogP contribution in [0.3, 0.4) is 0 Å². The van der Waals surface area contributed by atoms with Gasteiger partial charge in [-0.3, -0.25) is 0 Å². The third-order valence-corrected chi connectivity index (χ3v) is 8.73. The van der Waals surface area contributed by atoms with Gasteiger partial charge in [0.2, 0.25) is 0 Å². The first-order valence-electron chi connectivity index (χ1n) is 14.4. The second-order valence-corrected chi connectivity index (χ2v) is 11.1. The smallest absolute Gasteiger partial charge is 0.171 e. The molecular formula is C39H20N2O4. The number of fused-ring (bicyclic) bond motifs is 7. The number of nitrogens with zero attached hydrogens (tertiary/aromatic N) is 2. The van der Waals surface area contributed by atoms with Crippen molar-refractivity contribution in [2.75, 3.05) is 0 Å². The van der Waals surface area contributed by atoms with Crippen molar-refractivity contribution in [3.63, 3.8) is 0 Å². The number of hydrogen-bond acceptors (Lipinski definition) is 6. The molecule has 2 aliphatic heterocycles. The Labute approximate surface area is 258 Å². The fourth-order valence-electron chi connectivity index (χ4n) is 6.79. The Morgan fingerprint density at radius 1 is 0.400 bits per heavy atom. The first-order chi connectivity index (χ1) is 22.1. The van der Waals surface area contributed by atoms with Crippen molar-refractivity contribution in [3.8, 4) is 69.3 Å². The van der Waals surface area contributed by atoms with Crippen molar-refractivity contribution in [3.05, 3.63) is 155 Å². The van der Waals surface area contributed by atoms with Gasteiger partial charge in [0.05, 0.1) is 28.7 Å². The quantitative estimate of drug-likeness (QED) is 0.202. The van der Waals surface area contributed by atoms with Gasteiger partial charge in [0.25, 0.3) is 0 Å². The van der Waals surface area contributed by atoms with Crippen molar-refractivity contribution in [1.29, 1.82) is 10.5 Å². The van der Waals surface area contributed by atoms with Crippen LogP contribution < -0.4 is 18.9 Å². The molecule has 6 aromatic carbocycles. The Morgan fingerprint density at radius 3 is 1.24 bits per heavy atom. The molecule has 0 N–H and O–H groups in total. The molecule has 0 unspecified atom stereocenters. The van der Waals surface area contributed by atoms with Gasteiger partial charge >= 0.3 is 0 Å². The zero-order chi connectivity index (χ0) is 30.1. The minimum Gasteiger partial charge on any atom is -0.450 e. The summed E-state index contributed by atoms with van der Waals surface area (Å²) >= 11 is 0. The van der Waals surface area contributed by atoms with E-state index < -0.39 is 5.41 Å². The summed E-state index contributed by atoms with van der Waals surface area (Å²) in [6.07, 6.45) is 0. The molecule has 0 spiro atoms. The lowest BCUT2D eigenvalue weighted by molar-refractivity contribution is 0.357. The number of ether oxygens (including phenoxy) is 4. The Bertz CT molecular complexity index is 2280. The summed E-state index contributed by atoms with van der Waals surface area (Å²) in [6, 6.07) is 43.7. The normalized spacial score (nSPS) is 13.7. The molecule has 0 saturated heterocycles. The van der Waals surface area contributed by atoms with Gasteiger partial charge < -0.3 is 18.9 Å². The first-order valence-corrected chi connectivity index (χ1v) is 14.4. The van der Waals surface area contributed by atoms with Gasteiger partial charge in [-0.05, 0) is 81.9 Å². The van der Waals surface area contributed by atoms with Gasteiger partial charge in [-0.25, -0.2) is 0 Å². The van der Waals surface area contributed by atoms with Crippen LogP contribution in [0, 0.1) is 22.7 Å². The van der Waals surface area contributed by atoms with Crippen molar-refractivity contribution in [2.24, 2.45) is 0 Å². The van der Waals surface area contributed by atoms with Crippen LogP contribution in [-0.2, 0) is 5.41 Å². The summed E-state index contributed by atoms with van der Waals surface area (Å²) < 4.78 is 25.2. The Morgan fingerprint density at radius 2 is 0.778 bits per heavy atom. The highest BCUT2D eigenvalue weighted by atomic mass is 16.6. The van der Waals surface area contributed by atoms with Crippen molar-refractivity contribution >= 4 is 0 Å². The summed E-state index contributed by atoms with van der Waals surface area (Å²) in [5.74, 6) is 4.44. The minimum absolute atomic E-state index is 0.494. The molecule has 0 atom stereocenters. The molecule has 6 aromatic rings. The molecular weight excluding hydrogens is 560 g/mol. The molecule has 6 heteroatoms. The third-order valence-electron chi connectivity index (χ3n) is 8.73. The minimum atomic E-state index is -0.732. The highest BCUT2D eigenvalue weighted by Gasteiger charge is 2.47. The van der Waals surface area contributed by atoms with Crippen LogP contribution in [0.5, 0.6) is 46.0 Å². The standard InChI is InChI=1S/C39H20N2O4/c40-21-23-10-14-32-35(17-23)43-34-16-12-25(19-37(34)44-32)39(29-7-3-1-5-27(29)28-6-2-4-8-30(28)39)26-11-15-33-38(20-26)45-36-18-24(22-41)9-13-31(36)42-33/h1-20H. The molecule has 2 heterocycles. The van der Waals surface area contributed by atoms with E-state index in [1.165, 1.54) is 0 Å². The van der Waals surface area contributed by atoms with Crippen LogP contribution in [0.4, 0.5) is 0 Å². The molecule has 45 heavy (non-hydrogen) atoms. The molecule has 1 aliphatic carbocycles. The second-order valence-electron chi connectivity index (χ2n) is 11.1. The predicted molar refractivity (Wildman–Crippen MR) is 166 cm³/mol. The van der Waals surface area contributed by atoms with Crippen molar-refractivity contribution in [2.45, 2.75) is 5.41 Å². The number of nitriles is 2. The van der Waals surface area contributed by atoms with E-state index in [0.717, 1.165) is 33.4 Å². The molecule has 0 fully saturated rings.